The minimum absolute atomic E-state index is 0.0547. The smallest absolute Gasteiger partial charge is 0.137 e. The van der Waals surface area contributed by atoms with E-state index in [2.05, 4.69) is 32.2 Å². The zero-order valence-electron chi connectivity index (χ0n) is 13.5. The van der Waals surface area contributed by atoms with Crippen LogP contribution < -0.4 is 5.32 Å². The Labute approximate surface area is 133 Å². The molecule has 0 saturated heterocycles. The van der Waals surface area contributed by atoms with Gasteiger partial charge in [0.25, 0.3) is 0 Å². The Balaban J connectivity index is 1.98. The van der Waals surface area contributed by atoms with Crippen molar-refractivity contribution in [3.8, 4) is 0 Å². The molecule has 3 unspecified atom stereocenters. The van der Waals surface area contributed by atoms with Crippen LogP contribution >= 0.6 is 11.8 Å². The maximum Gasteiger partial charge on any atom is 0.137 e. The number of rotatable bonds is 6. The molecule has 1 aliphatic carbocycles. The standard InChI is InChI=1S/C18H28FNS/c1-4-10-20-14(3)15-8-9-18(17(19)12-15)21-16-7-5-6-13(2)11-16/h8-9,12-14,16,20H,4-7,10-11H2,1-3H3. The first-order valence-electron chi connectivity index (χ1n) is 8.29. The summed E-state index contributed by atoms with van der Waals surface area (Å²) in [6, 6.07) is 5.97. The Morgan fingerprint density at radius 2 is 2.19 bits per heavy atom. The van der Waals surface area contributed by atoms with Gasteiger partial charge in [-0.1, -0.05) is 32.8 Å². The predicted molar refractivity (Wildman–Crippen MR) is 90.4 cm³/mol. The van der Waals surface area contributed by atoms with Gasteiger partial charge in [0.1, 0.15) is 5.82 Å². The van der Waals surface area contributed by atoms with Crippen molar-refractivity contribution in [2.24, 2.45) is 5.92 Å². The van der Waals surface area contributed by atoms with Gasteiger partial charge in [-0.2, -0.15) is 0 Å². The number of hydrogen-bond donors (Lipinski definition) is 1. The van der Waals surface area contributed by atoms with E-state index in [1.54, 1.807) is 17.8 Å². The summed E-state index contributed by atoms with van der Waals surface area (Å²) in [7, 11) is 0. The Bertz CT molecular complexity index is 449. The molecule has 21 heavy (non-hydrogen) atoms. The van der Waals surface area contributed by atoms with Gasteiger partial charge in [0.15, 0.2) is 0 Å². The Morgan fingerprint density at radius 3 is 2.86 bits per heavy atom. The van der Waals surface area contributed by atoms with E-state index in [1.165, 1.54) is 25.7 Å². The van der Waals surface area contributed by atoms with Crippen LogP contribution in [0, 0.1) is 11.7 Å². The molecule has 118 valence electrons. The highest BCUT2D eigenvalue weighted by Crippen LogP contribution is 2.37. The van der Waals surface area contributed by atoms with E-state index in [0.717, 1.165) is 29.3 Å². The molecule has 0 heterocycles. The van der Waals surface area contributed by atoms with Crippen molar-refractivity contribution in [2.75, 3.05) is 6.54 Å². The third-order valence-electron chi connectivity index (χ3n) is 4.34. The minimum atomic E-state index is -0.0547. The average Bonchev–Trinajstić information content (AvgIpc) is 2.47. The van der Waals surface area contributed by atoms with E-state index in [9.17, 15) is 4.39 Å². The maximum absolute atomic E-state index is 14.3. The largest absolute Gasteiger partial charge is 0.310 e. The lowest BCUT2D eigenvalue weighted by molar-refractivity contribution is 0.394. The monoisotopic (exact) mass is 309 g/mol. The van der Waals surface area contributed by atoms with Crippen molar-refractivity contribution in [2.45, 2.75) is 69.1 Å². The van der Waals surface area contributed by atoms with Crippen LogP contribution in [0.25, 0.3) is 0 Å². The van der Waals surface area contributed by atoms with Crippen molar-refractivity contribution in [3.05, 3.63) is 29.6 Å². The molecule has 1 aromatic rings. The lowest BCUT2D eigenvalue weighted by atomic mass is 9.91. The second kappa shape index (κ2) is 8.19. The SMILES string of the molecule is CCCNC(C)c1ccc(SC2CCCC(C)C2)c(F)c1. The number of benzene rings is 1. The quantitative estimate of drug-likeness (QED) is 0.738. The Hall–Kier alpha value is -0.540. The molecular weight excluding hydrogens is 281 g/mol. The van der Waals surface area contributed by atoms with Crippen molar-refractivity contribution >= 4 is 11.8 Å². The molecule has 0 amide bonds. The van der Waals surface area contributed by atoms with E-state index in [4.69, 9.17) is 0 Å². The van der Waals surface area contributed by atoms with Gasteiger partial charge in [-0.3, -0.25) is 0 Å². The van der Waals surface area contributed by atoms with Gasteiger partial charge in [0.05, 0.1) is 0 Å². The molecule has 1 saturated carbocycles. The van der Waals surface area contributed by atoms with Crippen LogP contribution in [0.4, 0.5) is 4.39 Å². The molecular formula is C18H28FNS. The first-order valence-corrected chi connectivity index (χ1v) is 9.17. The molecule has 1 aromatic carbocycles. The van der Waals surface area contributed by atoms with Gasteiger partial charge in [-0.25, -0.2) is 4.39 Å². The molecule has 0 spiro atoms. The summed E-state index contributed by atoms with van der Waals surface area (Å²) in [5.41, 5.74) is 1.04. The Kier molecular flexibility index (Phi) is 6.56. The van der Waals surface area contributed by atoms with E-state index in [0.29, 0.717) is 5.25 Å². The first kappa shape index (κ1) is 16.8. The highest BCUT2D eigenvalue weighted by molar-refractivity contribution is 8.00. The fraction of sp³-hybridized carbons (Fsp3) is 0.667. The highest BCUT2D eigenvalue weighted by atomic mass is 32.2. The maximum atomic E-state index is 14.3. The third kappa shape index (κ3) is 5.00. The number of nitrogens with one attached hydrogen (secondary N) is 1. The zero-order valence-corrected chi connectivity index (χ0v) is 14.3. The number of thioether (sulfide) groups is 1. The molecule has 1 aliphatic rings. The summed E-state index contributed by atoms with van der Waals surface area (Å²) < 4.78 is 14.3. The van der Waals surface area contributed by atoms with Crippen LogP contribution in [0.3, 0.4) is 0 Å². The molecule has 0 aliphatic heterocycles. The topological polar surface area (TPSA) is 12.0 Å². The third-order valence-corrected chi connectivity index (χ3v) is 5.68. The second-order valence-corrected chi connectivity index (χ2v) is 7.72. The minimum Gasteiger partial charge on any atom is -0.310 e. The summed E-state index contributed by atoms with van der Waals surface area (Å²) >= 11 is 1.74. The van der Waals surface area contributed by atoms with Gasteiger partial charge in [-0.05, 0) is 56.3 Å². The highest BCUT2D eigenvalue weighted by Gasteiger charge is 2.21. The zero-order chi connectivity index (χ0) is 15.2. The number of halogens is 1. The molecule has 3 atom stereocenters. The molecule has 0 radical (unpaired) electrons. The van der Waals surface area contributed by atoms with Crippen LogP contribution in [0.5, 0.6) is 0 Å². The lowest BCUT2D eigenvalue weighted by Crippen LogP contribution is -2.19. The first-order chi connectivity index (χ1) is 10.1. The van der Waals surface area contributed by atoms with Crippen LogP contribution in [-0.2, 0) is 0 Å². The fourth-order valence-electron chi connectivity index (χ4n) is 3.03. The van der Waals surface area contributed by atoms with Gasteiger partial charge < -0.3 is 5.32 Å². The second-order valence-electron chi connectivity index (χ2n) is 6.38. The molecule has 1 nitrogen and oxygen atoms in total. The van der Waals surface area contributed by atoms with E-state index in [-0.39, 0.29) is 11.9 Å². The summed E-state index contributed by atoms with van der Waals surface area (Å²) in [6.45, 7) is 7.53. The van der Waals surface area contributed by atoms with Crippen LogP contribution in [0.15, 0.2) is 23.1 Å². The summed E-state index contributed by atoms with van der Waals surface area (Å²) in [6.07, 6.45) is 6.17. The summed E-state index contributed by atoms with van der Waals surface area (Å²) in [4.78, 5) is 0.820. The molecule has 0 bridgehead atoms. The van der Waals surface area contributed by atoms with Crippen molar-refractivity contribution in [1.82, 2.24) is 5.32 Å². The van der Waals surface area contributed by atoms with Crippen molar-refractivity contribution in [3.63, 3.8) is 0 Å². The molecule has 0 aromatic heterocycles. The van der Waals surface area contributed by atoms with Crippen LogP contribution in [0.1, 0.15) is 64.5 Å². The van der Waals surface area contributed by atoms with Gasteiger partial charge in [-0.15, -0.1) is 11.8 Å². The van der Waals surface area contributed by atoms with E-state index in [1.807, 2.05) is 6.07 Å². The molecule has 1 N–H and O–H groups in total. The average molecular weight is 309 g/mol. The molecule has 1 fully saturated rings. The number of hydrogen-bond acceptors (Lipinski definition) is 2. The fourth-order valence-corrected chi connectivity index (χ4v) is 4.41. The van der Waals surface area contributed by atoms with Gasteiger partial charge >= 0.3 is 0 Å². The summed E-state index contributed by atoms with van der Waals surface area (Å²) in [5.74, 6) is 0.734. The van der Waals surface area contributed by atoms with Crippen LogP contribution in [0.2, 0.25) is 0 Å². The van der Waals surface area contributed by atoms with Crippen LogP contribution in [-0.4, -0.2) is 11.8 Å². The van der Waals surface area contributed by atoms with Gasteiger partial charge in [0.2, 0.25) is 0 Å². The van der Waals surface area contributed by atoms with E-state index >= 15 is 0 Å². The molecule has 2 rings (SSSR count). The van der Waals surface area contributed by atoms with E-state index < -0.39 is 0 Å². The van der Waals surface area contributed by atoms with Crippen molar-refractivity contribution in [1.29, 1.82) is 0 Å². The van der Waals surface area contributed by atoms with Crippen molar-refractivity contribution < 1.29 is 4.39 Å². The Morgan fingerprint density at radius 1 is 1.38 bits per heavy atom. The molecule has 3 heteroatoms. The van der Waals surface area contributed by atoms with Gasteiger partial charge in [0, 0.05) is 16.2 Å². The summed E-state index contributed by atoms with van der Waals surface area (Å²) in [5, 5.41) is 4.00. The predicted octanol–water partition coefficient (Wildman–Crippen LogP) is 5.56. The normalized spacial score (nSPS) is 24.0. The lowest BCUT2D eigenvalue weighted by Gasteiger charge is -2.26.